The van der Waals surface area contributed by atoms with E-state index in [4.69, 9.17) is 5.73 Å². The van der Waals surface area contributed by atoms with E-state index < -0.39 is 0 Å². The number of carbonyl (C=O) groups excluding carboxylic acids is 1. The van der Waals surface area contributed by atoms with Gasteiger partial charge in [-0.2, -0.15) is 0 Å². The molecular formula is C14H22N2O2. The molecule has 0 unspecified atom stereocenters. The molecule has 0 radical (unpaired) electrons. The van der Waals surface area contributed by atoms with Crippen LogP contribution in [0.4, 0.5) is 0 Å². The maximum atomic E-state index is 11.8. The van der Waals surface area contributed by atoms with E-state index in [1.165, 1.54) is 0 Å². The third-order valence-electron chi connectivity index (χ3n) is 2.90. The highest BCUT2D eigenvalue weighted by molar-refractivity contribution is 5.97. The Bertz CT molecular complexity index is 391. The number of phenolic OH excluding ortho intramolecular Hbond substituents is 1. The summed E-state index contributed by atoms with van der Waals surface area (Å²) < 4.78 is 0. The molecule has 0 saturated carbocycles. The molecule has 100 valence electrons. The number of carbonyl (C=O) groups is 1. The lowest BCUT2D eigenvalue weighted by atomic mass is 10.1. The van der Waals surface area contributed by atoms with Crippen molar-refractivity contribution in [3.8, 4) is 5.75 Å². The molecule has 0 aliphatic carbocycles. The van der Waals surface area contributed by atoms with Crippen LogP contribution in [0.1, 0.15) is 41.6 Å². The van der Waals surface area contributed by atoms with E-state index in [2.05, 4.69) is 5.32 Å². The number of para-hydroxylation sites is 1. The number of rotatable bonds is 7. The molecule has 4 heteroatoms. The summed E-state index contributed by atoms with van der Waals surface area (Å²) in [5, 5.41) is 12.6. The monoisotopic (exact) mass is 250 g/mol. The highest BCUT2D eigenvalue weighted by Gasteiger charge is 2.11. The Hall–Kier alpha value is -1.55. The lowest BCUT2D eigenvalue weighted by Crippen LogP contribution is -2.24. The fraction of sp³-hybridized carbons (Fsp3) is 0.500. The number of unbranched alkanes of at least 4 members (excludes halogenated alkanes) is 3. The van der Waals surface area contributed by atoms with Crippen molar-refractivity contribution in [2.45, 2.75) is 32.6 Å². The lowest BCUT2D eigenvalue weighted by Gasteiger charge is -2.08. The largest absolute Gasteiger partial charge is 0.507 e. The van der Waals surface area contributed by atoms with Gasteiger partial charge in [-0.3, -0.25) is 4.79 Å². The van der Waals surface area contributed by atoms with Crippen molar-refractivity contribution in [1.29, 1.82) is 0 Å². The minimum atomic E-state index is -0.213. The number of benzene rings is 1. The van der Waals surface area contributed by atoms with Gasteiger partial charge in [-0.15, -0.1) is 0 Å². The summed E-state index contributed by atoms with van der Waals surface area (Å²) in [4.78, 5) is 11.8. The van der Waals surface area contributed by atoms with Gasteiger partial charge in [0.25, 0.3) is 5.91 Å². The van der Waals surface area contributed by atoms with Crippen LogP contribution in [0.2, 0.25) is 0 Å². The predicted octanol–water partition coefficient (Wildman–Crippen LogP) is 1.95. The number of aromatic hydroxyl groups is 1. The van der Waals surface area contributed by atoms with E-state index in [-0.39, 0.29) is 11.7 Å². The van der Waals surface area contributed by atoms with Crippen LogP contribution in [0.15, 0.2) is 18.2 Å². The smallest absolute Gasteiger partial charge is 0.255 e. The number of phenols is 1. The number of hydrogen-bond donors (Lipinski definition) is 3. The zero-order valence-corrected chi connectivity index (χ0v) is 10.9. The molecule has 1 amide bonds. The Morgan fingerprint density at radius 1 is 1.28 bits per heavy atom. The molecule has 0 spiro atoms. The van der Waals surface area contributed by atoms with Crippen LogP contribution in [0.5, 0.6) is 5.75 Å². The standard InChI is InChI=1S/C14H22N2O2/c1-11-7-6-8-12(13(11)17)14(18)16-10-5-3-2-4-9-15/h6-8,17H,2-5,9-10,15H2,1H3,(H,16,18). The Morgan fingerprint density at radius 2 is 2.00 bits per heavy atom. The Balaban J connectivity index is 2.35. The molecule has 0 aliphatic rings. The van der Waals surface area contributed by atoms with E-state index >= 15 is 0 Å². The molecule has 0 fully saturated rings. The first-order valence-corrected chi connectivity index (χ1v) is 6.43. The summed E-state index contributed by atoms with van der Waals surface area (Å²) >= 11 is 0. The van der Waals surface area contributed by atoms with Crippen molar-refractivity contribution in [1.82, 2.24) is 5.32 Å². The number of nitrogens with one attached hydrogen (secondary N) is 1. The number of aryl methyl sites for hydroxylation is 1. The van der Waals surface area contributed by atoms with Gasteiger partial charge in [0.05, 0.1) is 5.56 Å². The molecule has 0 saturated heterocycles. The normalized spacial score (nSPS) is 10.3. The van der Waals surface area contributed by atoms with E-state index in [0.717, 1.165) is 32.2 Å². The first-order valence-electron chi connectivity index (χ1n) is 6.43. The maximum Gasteiger partial charge on any atom is 0.255 e. The van der Waals surface area contributed by atoms with Gasteiger partial charge in [0.2, 0.25) is 0 Å². The van der Waals surface area contributed by atoms with Gasteiger partial charge in [-0.25, -0.2) is 0 Å². The van der Waals surface area contributed by atoms with E-state index in [0.29, 0.717) is 17.7 Å². The summed E-state index contributed by atoms with van der Waals surface area (Å²) in [6, 6.07) is 5.18. The molecule has 0 bridgehead atoms. The first kappa shape index (κ1) is 14.5. The number of hydrogen-bond acceptors (Lipinski definition) is 3. The third kappa shape index (κ3) is 4.37. The van der Waals surface area contributed by atoms with Crippen LogP contribution < -0.4 is 11.1 Å². The average molecular weight is 250 g/mol. The van der Waals surface area contributed by atoms with Gasteiger partial charge >= 0.3 is 0 Å². The second-order valence-electron chi connectivity index (χ2n) is 4.43. The van der Waals surface area contributed by atoms with Gasteiger partial charge in [0.1, 0.15) is 5.75 Å². The first-order chi connectivity index (χ1) is 8.66. The van der Waals surface area contributed by atoms with Crippen molar-refractivity contribution < 1.29 is 9.90 Å². The summed E-state index contributed by atoms with van der Waals surface area (Å²) in [7, 11) is 0. The molecule has 1 aromatic rings. The quantitative estimate of drug-likeness (QED) is 0.647. The minimum absolute atomic E-state index is 0.0677. The predicted molar refractivity (Wildman–Crippen MR) is 72.7 cm³/mol. The SMILES string of the molecule is Cc1cccc(C(=O)NCCCCCCN)c1O. The third-order valence-corrected chi connectivity index (χ3v) is 2.90. The molecule has 0 aliphatic heterocycles. The van der Waals surface area contributed by atoms with Gasteiger partial charge in [-0.05, 0) is 37.9 Å². The van der Waals surface area contributed by atoms with E-state index in [9.17, 15) is 9.90 Å². The fourth-order valence-electron chi connectivity index (χ4n) is 1.76. The van der Waals surface area contributed by atoms with Crippen LogP contribution in [0.3, 0.4) is 0 Å². The maximum absolute atomic E-state index is 11.8. The molecule has 0 atom stereocenters. The van der Waals surface area contributed by atoms with Crippen molar-refractivity contribution >= 4 is 5.91 Å². The van der Waals surface area contributed by atoms with Crippen LogP contribution in [-0.4, -0.2) is 24.1 Å². The molecular weight excluding hydrogens is 228 g/mol. The summed E-state index contributed by atoms with van der Waals surface area (Å²) in [5.41, 5.74) is 6.46. The Labute approximate surface area is 108 Å². The molecule has 1 rings (SSSR count). The molecule has 0 heterocycles. The second-order valence-corrected chi connectivity index (χ2v) is 4.43. The molecule has 4 N–H and O–H groups in total. The summed E-state index contributed by atoms with van der Waals surface area (Å²) in [6.07, 6.45) is 4.14. The highest BCUT2D eigenvalue weighted by Crippen LogP contribution is 2.20. The van der Waals surface area contributed by atoms with Crippen molar-refractivity contribution in [2.75, 3.05) is 13.1 Å². The molecule has 18 heavy (non-hydrogen) atoms. The second kappa shape index (κ2) is 7.71. The van der Waals surface area contributed by atoms with Crippen LogP contribution in [0, 0.1) is 6.92 Å². The summed E-state index contributed by atoms with van der Waals surface area (Å²) in [5.74, 6) is -0.145. The average Bonchev–Trinajstić information content (AvgIpc) is 2.36. The van der Waals surface area contributed by atoms with Gasteiger partial charge in [0, 0.05) is 6.54 Å². The van der Waals surface area contributed by atoms with E-state index in [1.807, 2.05) is 0 Å². The zero-order valence-electron chi connectivity index (χ0n) is 10.9. The summed E-state index contributed by atoms with van der Waals surface area (Å²) in [6.45, 7) is 3.14. The van der Waals surface area contributed by atoms with Gasteiger partial charge in [0.15, 0.2) is 0 Å². The van der Waals surface area contributed by atoms with Crippen LogP contribution >= 0.6 is 0 Å². The molecule has 0 aromatic heterocycles. The van der Waals surface area contributed by atoms with Crippen molar-refractivity contribution in [3.63, 3.8) is 0 Å². The Morgan fingerprint density at radius 3 is 2.72 bits per heavy atom. The lowest BCUT2D eigenvalue weighted by molar-refractivity contribution is 0.0950. The van der Waals surface area contributed by atoms with Gasteiger partial charge in [-0.1, -0.05) is 25.0 Å². The van der Waals surface area contributed by atoms with Crippen molar-refractivity contribution in [3.05, 3.63) is 29.3 Å². The highest BCUT2D eigenvalue weighted by atomic mass is 16.3. The van der Waals surface area contributed by atoms with Gasteiger partial charge < -0.3 is 16.2 Å². The number of nitrogens with two attached hydrogens (primary N) is 1. The topological polar surface area (TPSA) is 75.4 Å². The molecule has 1 aromatic carbocycles. The van der Waals surface area contributed by atoms with Crippen LogP contribution in [0.25, 0.3) is 0 Å². The minimum Gasteiger partial charge on any atom is -0.507 e. The van der Waals surface area contributed by atoms with Crippen LogP contribution in [-0.2, 0) is 0 Å². The fourth-order valence-corrected chi connectivity index (χ4v) is 1.76. The number of amides is 1. The molecule has 4 nitrogen and oxygen atoms in total. The van der Waals surface area contributed by atoms with Crippen molar-refractivity contribution in [2.24, 2.45) is 5.73 Å². The zero-order chi connectivity index (χ0) is 13.4. The van der Waals surface area contributed by atoms with E-state index in [1.54, 1.807) is 25.1 Å². The Kier molecular flexibility index (Phi) is 6.22.